The standard InChI is InChI=1S/C15H26N4OS/c1-5-19(12(2)20)14-17-13(11-21-14)10-18-8-6-15(3,16-4)7-9-18/h11,16H,5-10H2,1-4H3. The maximum atomic E-state index is 11.6. The van der Waals surface area contributed by atoms with Crippen molar-refractivity contribution in [1.82, 2.24) is 15.2 Å². The molecule has 1 aliphatic rings. The molecule has 0 unspecified atom stereocenters. The van der Waals surface area contributed by atoms with Crippen molar-refractivity contribution in [3.8, 4) is 0 Å². The monoisotopic (exact) mass is 310 g/mol. The van der Waals surface area contributed by atoms with E-state index >= 15 is 0 Å². The molecule has 1 fully saturated rings. The van der Waals surface area contributed by atoms with Crippen LogP contribution in [0.1, 0.15) is 39.3 Å². The van der Waals surface area contributed by atoms with Gasteiger partial charge in [-0.15, -0.1) is 11.3 Å². The van der Waals surface area contributed by atoms with Crippen molar-refractivity contribution in [3.05, 3.63) is 11.1 Å². The molecule has 0 aliphatic carbocycles. The molecule has 0 aromatic carbocycles. The number of anilines is 1. The van der Waals surface area contributed by atoms with E-state index in [0.717, 1.165) is 43.3 Å². The molecule has 6 heteroatoms. The molecule has 1 aliphatic heterocycles. The molecule has 5 nitrogen and oxygen atoms in total. The molecule has 21 heavy (non-hydrogen) atoms. The van der Waals surface area contributed by atoms with Crippen LogP contribution in [0.15, 0.2) is 5.38 Å². The van der Waals surface area contributed by atoms with Gasteiger partial charge in [0.05, 0.1) is 5.69 Å². The van der Waals surface area contributed by atoms with Gasteiger partial charge in [0.25, 0.3) is 0 Å². The van der Waals surface area contributed by atoms with Gasteiger partial charge in [-0.25, -0.2) is 4.98 Å². The summed E-state index contributed by atoms with van der Waals surface area (Å²) in [7, 11) is 2.05. The summed E-state index contributed by atoms with van der Waals surface area (Å²) in [5.74, 6) is 0.0566. The van der Waals surface area contributed by atoms with E-state index < -0.39 is 0 Å². The average molecular weight is 310 g/mol. The number of amides is 1. The van der Waals surface area contributed by atoms with Crippen molar-refractivity contribution in [2.45, 2.75) is 45.7 Å². The SMILES string of the molecule is CCN(C(C)=O)c1nc(CN2CCC(C)(NC)CC2)cs1. The van der Waals surface area contributed by atoms with Crippen molar-refractivity contribution in [1.29, 1.82) is 0 Å². The Balaban J connectivity index is 1.93. The molecule has 2 rings (SSSR count). The number of thiazole rings is 1. The summed E-state index contributed by atoms with van der Waals surface area (Å²) in [4.78, 5) is 20.3. The first-order valence-corrected chi connectivity index (χ1v) is 8.49. The molecule has 0 bridgehead atoms. The molecule has 0 radical (unpaired) electrons. The highest BCUT2D eigenvalue weighted by Gasteiger charge is 2.28. The Labute approximate surface area is 131 Å². The second-order valence-electron chi connectivity index (χ2n) is 5.97. The molecule has 1 amide bonds. The third-order valence-corrected chi connectivity index (χ3v) is 5.33. The normalized spacial score (nSPS) is 18.7. The van der Waals surface area contributed by atoms with Crippen LogP contribution in [0.4, 0.5) is 5.13 Å². The van der Waals surface area contributed by atoms with Crippen molar-refractivity contribution in [2.75, 3.05) is 31.6 Å². The quantitative estimate of drug-likeness (QED) is 0.905. The summed E-state index contributed by atoms with van der Waals surface area (Å²) in [6, 6.07) is 0. The van der Waals surface area contributed by atoms with Crippen LogP contribution < -0.4 is 10.2 Å². The molecule has 118 valence electrons. The lowest BCUT2D eigenvalue weighted by molar-refractivity contribution is -0.116. The molecular weight excluding hydrogens is 284 g/mol. The summed E-state index contributed by atoms with van der Waals surface area (Å²) in [5, 5.41) is 6.31. The average Bonchev–Trinajstić information content (AvgIpc) is 2.90. The van der Waals surface area contributed by atoms with Gasteiger partial charge in [-0.1, -0.05) is 0 Å². The van der Waals surface area contributed by atoms with Gasteiger partial charge in [0.2, 0.25) is 5.91 Å². The molecule has 0 spiro atoms. The zero-order valence-electron chi connectivity index (χ0n) is 13.5. The molecule has 2 heterocycles. The van der Waals surface area contributed by atoms with E-state index in [1.54, 1.807) is 23.2 Å². The van der Waals surface area contributed by atoms with Crippen molar-refractivity contribution >= 4 is 22.4 Å². The van der Waals surface area contributed by atoms with Gasteiger partial charge >= 0.3 is 0 Å². The molecular formula is C15H26N4OS. The van der Waals surface area contributed by atoms with Crippen LogP contribution in [0.5, 0.6) is 0 Å². The highest BCUT2D eigenvalue weighted by Crippen LogP contribution is 2.25. The van der Waals surface area contributed by atoms with Crippen molar-refractivity contribution in [3.63, 3.8) is 0 Å². The fraction of sp³-hybridized carbons (Fsp3) is 0.733. The van der Waals surface area contributed by atoms with Crippen LogP contribution in [0.25, 0.3) is 0 Å². The number of carbonyl (C=O) groups is 1. The second kappa shape index (κ2) is 6.85. The number of carbonyl (C=O) groups excluding carboxylic acids is 1. The van der Waals surface area contributed by atoms with Gasteiger partial charge in [-0.05, 0) is 33.7 Å². The fourth-order valence-corrected chi connectivity index (χ4v) is 3.59. The molecule has 1 saturated heterocycles. The van der Waals surface area contributed by atoms with Crippen LogP contribution in [0.3, 0.4) is 0 Å². The number of piperidine rings is 1. The lowest BCUT2D eigenvalue weighted by Crippen LogP contribution is -2.49. The molecule has 1 aromatic rings. The number of likely N-dealkylation sites (tertiary alicyclic amines) is 1. The first-order valence-electron chi connectivity index (χ1n) is 7.61. The number of nitrogens with zero attached hydrogens (tertiary/aromatic N) is 3. The van der Waals surface area contributed by atoms with E-state index in [4.69, 9.17) is 0 Å². The molecule has 1 aromatic heterocycles. The predicted molar refractivity (Wildman–Crippen MR) is 87.8 cm³/mol. The van der Waals surface area contributed by atoms with Crippen LogP contribution in [-0.4, -0.2) is 48.0 Å². The first-order chi connectivity index (χ1) is 9.97. The Morgan fingerprint density at radius 2 is 2.19 bits per heavy atom. The van der Waals surface area contributed by atoms with E-state index in [0.29, 0.717) is 6.54 Å². The zero-order chi connectivity index (χ0) is 15.5. The smallest absolute Gasteiger partial charge is 0.225 e. The van der Waals surface area contributed by atoms with E-state index in [1.807, 2.05) is 14.0 Å². The Morgan fingerprint density at radius 3 is 2.71 bits per heavy atom. The summed E-state index contributed by atoms with van der Waals surface area (Å²) >= 11 is 1.56. The summed E-state index contributed by atoms with van der Waals surface area (Å²) in [6.07, 6.45) is 2.32. The Morgan fingerprint density at radius 1 is 1.52 bits per heavy atom. The molecule has 0 saturated carbocycles. The highest BCUT2D eigenvalue weighted by atomic mass is 32.1. The van der Waals surface area contributed by atoms with Gasteiger partial charge < -0.3 is 5.32 Å². The largest absolute Gasteiger partial charge is 0.314 e. The first kappa shape index (κ1) is 16.4. The number of hydrogen-bond acceptors (Lipinski definition) is 5. The summed E-state index contributed by atoms with van der Waals surface area (Å²) < 4.78 is 0. The minimum absolute atomic E-state index is 0.0566. The highest BCUT2D eigenvalue weighted by molar-refractivity contribution is 7.14. The van der Waals surface area contributed by atoms with Crippen molar-refractivity contribution in [2.24, 2.45) is 0 Å². The fourth-order valence-electron chi connectivity index (χ4n) is 2.67. The lowest BCUT2D eigenvalue weighted by atomic mass is 9.90. The van der Waals surface area contributed by atoms with Crippen LogP contribution in [-0.2, 0) is 11.3 Å². The van der Waals surface area contributed by atoms with E-state index in [2.05, 4.69) is 27.5 Å². The second-order valence-corrected chi connectivity index (χ2v) is 6.81. The zero-order valence-corrected chi connectivity index (χ0v) is 14.3. The number of hydrogen-bond donors (Lipinski definition) is 1. The molecule has 1 N–H and O–H groups in total. The summed E-state index contributed by atoms with van der Waals surface area (Å²) in [6.45, 7) is 9.60. The Bertz CT molecular complexity index is 480. The van der Waals surface area contributed by atoms with Gasteiger partial charge in [-0.2, -0.15) is 0 Å². The maximum absolute atomic E-state index is 11.6. The third-order valence-electron chi connectivity index (χ3n) is 4.42. The van der Waals surface area contributed by atoms with E-state index in [9.17, 15) is 4.79 Å². The topological polar surface area (TPSA) is 48.5 Å². The number of rotatable bonds is 5. The summed E-state index contributed by atoms with van der Waals surface area (Å²) in [5.41, 5.74) is 1.35. The van der Waals surface area contributed by atoms with Gasteiger partial charge in [0.1, 0.15) is 0 Å². The Kier molecular flexibility index (Phi) is 5.35. The van der Waals surface area contributed by atoms with Gasteiger partial charge in [0, 0.05) is 44.0 Å². The minimum atomic E-state index is 0.0566. The lowest BCUT2D eigenvalue weighted by Gasteiger charge is -2.39. The van der Waals surface area contributed by atoms with Crippen LogP contribution in [0, 0.1) is 0 Å². The van der Waals surface area contributed by atoms with Gasteiger partial charge in [-0.3, -0.25) is 14.6 Å². The minimum Gasteiger partial charge on any atom is -0.314 e. The van der Waals surface area contributed by atoms with Crippen molar-refractivity contribution < 1.29 is 4.79 Å². The van der Waals surface area contributed by atoms with E-state index in [1.165, 1.54) is 0 Å². The predicted octanol–water partition coefficient (Wildman–Crippen LogP) is 2.09. The number of aromatic nitrogens is 1. The van der Waals surface area contributed by atoms with Crippen LogP contribution in [0.2, 0.25) is 0 Å². The van der Waals surface area contributed by atoms with Crippen LogP contribution >= 0.6 is 11.3 Å². The Hall–Kier alpha value is -0.980. The maximum Gasteiger partial charge on any atom is 0.225 e. The number of nitrogens with one attached hydrogen (secondary N) is 1. The molecule has 0 atom stereocenters. The van der Waals surface area contributed by atoms with E-state index in [-0.39, 0.29) is 11.4 Å². The third kappa shape index (κ3) is 4.02. The van der Waals surface area contributed by atoms with Gasteiger partial charge in [0.15, 0.2) is 5.13 Å².